The Hall–Kier alpha value is -1.86. The van der Waals surface area contributed by atoms with E-state index in [4.69, 9.17) is 16.3 Å². The number of ether oxygens (including phenoxy) is 1. The molecule has 0 fully saturated rings. The predicted molar refractivity (Wildman–Crippen MR) is 111 cm³/mol. The maximum absolute atomic E-state index is 12.8. The van der Waals surface area contributed by atoms with Crippen molar-refractivity contribution in [2.45, 2.75) is 65.5 Å². The van der Waals surface area contributed by atoms with Gasteiger partial charge in [-0.25, -0.2) is 4.79 Å². The molecule has 2 aromatic rings. The number of nitrogens with zero attached hydrogens (tertiary/aromatic N) is 2. The van der Waals surface area contributed by atoms with Gasteiger partial charge in [-0.1, -0.05) is 25.4 Å². The molecule has 0 radical (unpaired) electrons. The smallest absolute Gasteiger partial charge is 0.341 e. The van der Waals surface area contributed by atoms with Crippen LogP contribution in [0, 0.1) is 5.92 Å². The van der Waals surface area contributed by atoms with Gasteiger partial charge in [0.05, 0.1) is 35.3 Å². The Morgan fingerprint density at radius 1 is 1.36 bits per heavy atom. The lowest BCUT2D eigenvalue weighted by molar-refractivity contribution is -0.119. The van der Waals surface area contributed by atoms with Crippen LogP contribution < -0.4 is 5.32 Å². The zero-order valence-electron chi connectivity index (χ0n) is 16.5. The second kappa shape index (κ2) is 9.09. The van der Waals surface area contributed by atoms with Crippen molar-refractivity contribution in [3.05, 3.63) is 33.4 Å². The summed E-state index contributed by atoms with van der Waals surface area (Å²) >= 11 is 7.39. The third kappa shape index (κ3) is 4.75. The third-order valence-corrected chi connectivity index (χ3v) is 6.41. The molecule has 1 aliphatic rings. The summed E-state index contributed by atoms with van der Waals surface area (Å²) in [5.41, 5.74) is 1.59. The third-order valence-electron chi connectivity index (χ3n) is 5.01. The number of rotatable bonds is 7. The molecule has 3 rings (SSSR count). The Kier molecular flexibility index (Phi) is 6.78. The molecule has 0 saturated carbocycles. The van der Waals surface area contributed by atoms with Crippen molar-refractivity contribution in [2.75, 3.05) is 5.32 Å². The Morgan fingerprint density at radius 3 is 2.79 bits per heavy atom. The van der Waals surface area contributed by atoms with Gasteiger partial charge in [-0.15, -0.1) is 11.3 Å². The highest BCUT2D eigenvalue weighted by atomic mass is 35.5. The summed E-state index contributed by atoms with van der Waals surface area (Å²) in [6, 6.07) is 0. The molecule has 1 N–H and O–H groups in total. The first-order chi connectivity index (χ1) is 13.4. The van der Waals surface area contributed by atoms with Gasteiger partial charge in [-0.3, -0.25) is 9.48 Å². The van der Waals surface area contributed by atoms with Gasteiger partial charge in [0.15, 0.2) is 0 Å². The lowest BCUT2D eigenvalue weighted by Gasteiger charge is -2.16. The highest BCUT2D eigenvalue weighted by Gasteiger charge is 2.29. The topological polar surface area (TPSA) is 73.2 Å². The van der Waals surface area contributed by atoms with E-state index in [1.807, 2.05) is 20.8 Å². The van der Waals surface area contributed by atoms with E-state index in [1.165, 1.54) is 16.2 Å². The van der Waals surface area contributed by atoms with Crippen LogP contribution >= 0.6 is 22.9 Å². The number of aromatic nitrogens is 2. The zero-order chi connectivity index (χ0) is 20.3. The largest absolute Gasteiger partial charge is 0.459 e. The van der Waals surface area contributed by atoms with Crippen LogP contribution in [0.4, 0.5) is 5.00 Å². The average Bonchev–Trinajstić information content (AvgIpc) is 3.23. The van der Waals surface area contributed by atoms with Gasteiger partial charge in [0.1, 0.15) is 5.00 Å². The summed E-state index contributed by atoms with van der Waals surface area (Å²) in [4.78, 5) is 26.8. The van der Waals surface area contributed by atoms with E-state index in [-0.39, 0.29) is 23.9 Å². The van der Waals surface area contributed by atoms with Gasteiger partial charge < -0.3 is 10.1 Å². The van der Waals surface area contributed by atoms with Crippen molar-refractivity contribution in [1.82, 2.24) is 9.78 Å². The molecule has 28 heavy (non-hydrogen) atoms. The van der Waals surface area contributed by atoms with Gasteiger partial charge >= 0.3 is 5.97 Å². The molecule has 0 aromatic carbocycles. The van der Waals surface area contributed by atoms with Crippen LogP contribution in [0.25, 0.3) is 0 Å². The number of hydrogen-bond acceptors (Lipinski definition) is 5. The number of carbonyl (C=O) groups is 2. The summed E-state index contributed by atoms with van der Waals surface area (Å²) in [6.45, 7) is 6.10. The number of fused-ring (bicyclic) bond motifs is 1. The Balaban J connectivity index is 1.79. The molecule has 0 bridgehead atoms. The van der Waals surface area contributed by atoms with Crippen molar-refractivity contribution in [2.24, 2.45) is 5.92 Å². The summed E-state index contributed by atoms with van der Waals surface area (Å²) in [7, 11) is 0. The van der Waals surface area contributed by atoms with Crippen molar-refractivity contribution < 1.29 is 14.3 Å². The molecule has 2 atom stereocenters. The lowest BCUT2D eigenvalue weighted by atomic mass is 9.95. The molecule has 152 valence electrons. The molecule has 2 aromatic heterocycles. The minimum absolute atomic E-state index is 0.150. The maximum Gasteiger partial charge on any atom is 0.341 e. The Labute approximate surface area is 174 Å². The lowest BCUT2D eigenvalue weighted by Crippen LogP contribution is -2.25. The number of anilines is 1. The van der Waals surface area contributed by atoms with Crippen LogP contribution in [0.2, 0.25) is 5.02 Å². The van der Waals surface area contributed by atoms with Crippen LogP contribution in [0.5, 0.6) is 0 Å². The first-order valence-electron chi connectivity index (χ1n) is 9.73. The Morgan fingerprint density at radius 2 is 2.11 bits per heavy atom. The molecule has 0 aliphatic heterocycles. The first-order valence-corrected chi connectivity index (χ1v) is 10.9. The Bertz CT molecular complexity index is 861. The molecule has 0 spiro atoms. The molecule has 8 heteroatoms. The molecule has 2 unspecified atom stereocenters. The quantitative estimate of drug-likeness (QED) is 0.654. The van der Waals surface area contributed by atoms with Crippen molar-refractivity contribution in [3.63, 3.8) is 0 Å². The van der Waals surface area contributed by atoms with Gasteiger partial charge in [0, 0.05) is 11.1 Å². The fourth-order valence-corrected chi connectivity index (χ4v) is 4.67. The maximum atomic E-state index is 12.8. The fraction of sp³-hybridized carbons (Fsp3) is 0.550. The number of halogens is 1. The van der Waals surface area contributed by atoms with E-state index < -0.39 is 0 Å². The number of aryl methyl sites for hydroxylation is 1. The molecule has 6 nitrogen and oxygen atoms in total. The van der Waals surface area contributed by atoms with Gasteiger partial charge in [-0.2, -0.15) is 5.10 Å². The summed E-state index contributed by atoms with van der Waals surface area (Å²) in [5.74, 6) is -0.813. The van der Waals surface area contributed by atoms with Crippen LogP contribution in [0.1, 0.15) is 60.8 Å². The number of carbonyl (C=O) groups excluding carboxylic acids is 2. The second-order valence-corrected chi connectivity index (χ2v) is 8.85. The average molecular weight is 424 g/mol. The SMILES string of the molecule is CCC(C)OC(=O)c1c(NC(=O)C(C)Cn2cc(Cl)cn2)sc2c1CCCC2. The van der Waals surface area contributed by atoms with Crippen molar-refractivity contribution in [1.29, 1.82) is 0 Å². The molecule has 1 aliphatic carbocycles. The highest BCUT2D eigenvalue weighted by Crippen LogP contribution is 2.39. The van der Waals surface area contributed by atoms with Gasteiger partial charge in [0.25, 0.3) is 0 Å². The molecular weight excluding hydrogens is 398 g/mol. The second-order valence-electron chi connectivity index (χ2n) is 7.31. The van der Waals surface area contributed by atoms with Gasteiger partial charge in [-0.05, 0) is 44.6 Å². The first kappa shape index (κ1) is 20.9. The minimum Gasteiger partial charge on any atom is -0.459 e. The number of nitrogens with one attached hydrogen (secondary N) is 1. The van der Waals surface area contributed by atoms with Crippen LogP contribution in [-0.2, 0) is 28.9 Å². The zero-order valence-corrected chi connectivity index (χ0v) is 18.0. The summed E-state index contributed by atoms with van der Waals surface area (Å²) in [6.07, 6.45) is 7.79. The summed E-state index contributed by atoms with van der Waals surface area (Å²) < 4.78 is 7.22. The molecule has 2 heterocycles. The monoisotopic (exact) mass is 423 g/mol. The van der Waals surface area contributed by atoms with E-state index in [9.17, 15) is 9.59 Å². The van der Waals surface area contributed by atoms with Crippen molar-refractivity contribution in [3.8, 4) is 0 Å². The molecule has 0 saturated heterocycles. The van der Waals surface area contributed by atoms with Gasteiger partial charge in [0.2, 0.25) is 5.91 Å². The van der Waals surface area contributed by atoms with Crippen molar-refractivity contribution >= 4 is 39.8 Å². The fourth-order valence-electron chi connectivity index (χ4n) is 3.23. The standard InChI is InChI=1S/C20H26ClN3O3S/c1-4-13(3)27-20(26)17-15-7-5-6-8-16(15)28-19(17)23-18(25)12(2)10-24-11-14(21)9-22-24/h9,11-13H,4-8,10H2,1-3H3,(H,23,25). The normalized spacial score (nSPS) is 15.6. The molecule has 1 amide bonds. The number of hydrogen-bond donors (Lipinski definition) is 1. The highest BCUT2D eigenvalue weighted by molar-refractivity contribution is 7.17. The van der Waals surface area contributed by atoms with E-state index in [2.05, 4.69) is 10.4 Å². The van der Waals surface area contributed by atoms with Crippen LogP contribution in [-0.4, -0.2) is 27.8 Å². The minimum atomic E-state index is -0.337. The van der Waals surface area contributed by atoms with E-state index in [0.29, 0.717) is 22.1 Å². The number of esters is 1. The van der Waals surface area contributed by atoms with Crippen LogP contribution in [0.15, 0.2) is 12.4 Å². The van der Waals surface area contributed by atoms with Crippen LogP contribution in [0.3, 0.4) is 0 Å². The van der Waals surface area contributed by atoms with E-state index in [1.54, 1.807) is 17.1 Å². The number of thiophene rings is 1. The summed E-state index contributed by atoms with van der Waals surface area (Å²) in [5, 5.41) is 8.23. The van der Waals surface area contributed by atoms with E-state index >= 15 is 0 Å². The number of amides is 1. The van der Waals surface area contributed by atoms with E-state index in [0.717, 1.165) is 37.7 Å². The molecular formula is C20H26ClN3O3S. The predicted octanol–water partition coefficient (Wildman–Crippen LogP) is 4.71.